The Bertz CT molecular complexity index is 882. The zero-order valence-electron chi connectivity index (χ0n) is 15.6. The average Bonchev–Trinajstić information content (AvgIpc) is 3.13. The average molecular weight is 398 g/mol. The molecule has 1 heterocycles. The van der Waals surface area contributed by atoms with Crippen molar-refractivity contribution >= 4 is 35.2 Å². The lowest BCUT2D eigenvalue weighted by Gasteiger charge is -2.19. The molecule has 2 aromatic carbocycles. The Kier molecular flexibility index (Phi) is 6.36. The van der Waals surface area contributed by atoms with Gasteiger partial charge >= 0.3 is 5.97 Å². The van der Waals surface area contributed by atoms with Gasteiger partial charge in [0.15, 0.2) is 0 Å². The number of nitrogens with one attached hydrogen (secondary N) is 1. The van der Waals surface area contributed by atoms with E-state index in [0.29, 0.717) is 24.2 Å². The molecule has 7 heteroatoms. The maximum absolute atomic E-state index is 12.8. The molecule has 0 saturated carbocycles. The zero-order valence-corrected chi connectivity index (χ0v) is 16.4. The summed E-state index contributed by atoms with van der Waals surface area (Å²) >= 11 is 1.59. The summed E-state index contributed by atoms with van der Waals surface area (Å²) in [6.45, 7) is 0.646. The van der Waals surface area contributed by atoms with E-state index < -0.39 is 12.0 Å². The summed E-state index contributed by atoms with van der Waals surface area (Å²) < 4.78 is 0. The van der Waals surface area contributed by atoms with Crippen LogP contribution < -0.4 is 10.2 Å². The summed E-state index contributed by atoms with van der Waals surface area (Å²) in [7, 11) is 0. The van der Waals surface area contributed by atoms with Crippen LogP contribution in [0, 0.1) is 0 Å². The van der Waals surface area contributed by atoms with Crippen LogP contribution in [-0.2, 0) is 9.59 Å². The van der Waals surface area contributed by atoms with Crippen molar-refractivity contribution in [1.82, 2.24) is 5.32 Å². The molecule has 1 atom stereocenters. The van der Waals surface area contributed by atoms with Gasteiger partial charge in [-0.2, -0.15) is 0 Å². The highest BCUT2D eigenvalue weighted by Gasteiger charge is 2.23. The van der Waals surface area contributed by atoms with E-state index in [2.05, 4.69) is 5.32 Å². The molecule has 0 aromatic heterocycles. The lowest BCUT2D eigenvalue weighted by Crippen LogP contribution is -2.30. The fraction of sp³-hybridized carbons (Fsp3) is 0.286. The molecule has 28 heavy (non-hydrogen) atoms. The maximum atomic E-state index is 12.8. The van der Waals surface area contributed by atoms with E-state index in [0.717, 1.165) is 16.9 Å². The number of benzene rings is 2. The van der Waals surface area contributed by atoms with Crippen molar-refractivity contribution in [2.45, 2.75) is 30.2 Å². The highest BCUT2D eigenvalue weighted by Crippen LogP contribution is 2.24. The third kappa shape index (κ3) is 4.72. The topological polar surface area (TPSA) is 86.7 Å². The Morgan fingerprint density at radius 3 is 2.57 bits per heavy atom. The highest BCUT2D eigenvalue weighted by molar-refractivity contribution is 7.98. The Labute approximate surface area is 167 Å². The molecule has 2 aromatic rings. The minimum atomic E-state index is -0.990. The standard InChI is InChI=1S/C21H22N2O4S/c1-28-17-9-7-14(8-10-17)18(13-20(25)26)22-21(27)15-4-2-5-16(12-15)23-11-3-6-19(23)24/h2,4-5,7-10,12,18H,3,6,11,13H2,1H3,(H,22,27)(H,25,26). The number of carboxylic acid groups (broad SMARTS) is 1. The zero-order chi connectivity index (χ0) is 20.1. The summed E-state index contributed by atoms with van der Waals surface area (Å²) in [5.41, 5.74) is 1.82. The first-order valence-electron chi connectivity index (χ1n) is 9.05. The number of hydrogen-bond donors (Lipinski definition) is 2. The molecular formula is C21H22N2O4S. The van der Waals surface area contributed by atoms with E-state index >= 15 is 0 Å². The Balaban J connectivity index is 1.79. The van der Waals surface area contributed by atoms with Gasteiger partial charge < -0.3 is 15.3 Å². The minimum Gasteiger partial charge on any atom is -0.481 e. The van der Waals surface area contributed by atoms with Crippen LogP contribution >= 0.6 is 11.8 Å². The second kappa shape index (κ2) is 8.93. The highest BCUT2D eigenvalue weighted by atomic mass is 32.2. The fourth-order valence-corrected chi connectivity index (χ4v) is 3.65. The number of anilines is 1. The number of thioether (sulfide) groups is 1. The number of aliphatic carboxylic acids is 1. The Hall–Kier alpha value is -2.80. The Morgan fingerprint density at radius 1 is 1.21 bits per heavy atom. The third-order valence-electron chi connectivity index (χ3n) is 4.70. The van der Waals surface area contributed by atoms with Gasteiger partial charge in [0.2, 0.25) is 5.91 Å². The number of carbonyl (C=O) groups is 3. The molecule has 3 rings (SSSR count). The van der Waals surface area contributed by atoms with Crippen molar-refractivity contribution in [1.29, 1.82) is 0 Å². The molecule has 1 aliphatic heterocycles. The first kappa shape index (κ1) is 19.9. The summed E-state index contributed by atoms with van der Waals surface area (Å²) in [6, 6.07) is 13.7. The van der Waals surface area contributed by atoms with Crippen molar-refractivity contribution < 1.29 is 19.5 Å². The summed E-state index contributed by atoms with van der Waals surface area (Å²) in [4.78, 5) is 38.7. The predicted octanol–water partition coefficient (Wildman–Crippen LogP) is 3.48. The predicted molar refractivity (Wildman–Crippen MR) is 109 cm³/mol. The molecule has 146 valence electrons. The van der Waals surface area contributed by atoms with E-state index in [-0.39, 0.29) is 18.2 Å². The van der Waals surface area contributed by atoms with Crippen molar-refractivity contribution in [2.75, 3.05) is 17.7 Å². The smallest absolute Gasteiger partial charge is 0.305 e. The van der Waals surface area contributed by atoms with Crippen LogP contribution in [0.4, 0.5) is 5.69 Å². The maximum Gasteiger partial charge on any atom is 0.305 e. The lowest BCUT2D eigenvalue weighted by atomic mass is 10.0. The van der Waals surface area contributed by atoms with Crippen LogP contribution in [0.1, 0.15) is 41.2 Å². The molecule has 6 nitrogen and oxygen atoms in total. The molecule has 0 bridgehead atoms. The minimum absolute atomic E-state index is 0.0511. The van der Waals surface area contributed by atoms with E-state index in [1.807, 2.05) is 30.5 Å². The van der Waals surface area contributed by atoms with Crippen molar-refractivity contribution in [3.05, 3.63) is 59.7 Å². The molecule has 0 spiro atoms. The fourth-order valence-electron chi connectivity index (χ4n) is 3.24. The van der Waals surface area contributed by atoms with Gasteiger partial charge in [0.05, 0.1) is 12.5 Å². The number of carbonyl (C=O) groups excluding carboxylic acids is 2. The number of carboxylic acids is 1. The van der Waals surface area contributed by atoms with Crippen LogP contribution in [0.5, 0.6) is 0 Å². The first-order chi connectivity index (χ1) is 13.5. The summed E-state index contributed by atoms with van der Waals surface area (Å²) in [6.07, 6.45) is 3.07. The number of rotatable bonds is 7. The molecule has 1 aliphatic rings. The van der Waals surface area contributed by atoms with Crippen molar-refractivity contribution in [3.63, 3.8) is 0 Å². The SMILES string of the molecule is CSc1ccc(C(CC(=O)O)NC(=O)c2cccc(N3CCCC3=O)c2)cc1. The van der Waals surface area contributed by atoms with Gasteiger partial charge in [-0.1, -0.05) is 18.2 Å². The second-order valence-electron chi connectivity index (χ2n) is 6.60. The number of nitrogens with zero attached hydrogens (tertiary/aromatic N) is 1. The first-order valence-corrected chi connectivity index (χ1v) is 10.3. The second-order valence-corrected chi connectivity index (χ2v) is 7.48. The van der Waals surface area contributed by atoms with Gasteiger partial charge in [-0.25, -0.2) is 0 Å². The molecule has 1 unspecified atom stereocenters. The van der Waals surface area contributed by atoms with Gasteiger partial charge in [0, 0.05) is 29.1 Å². The van der Waals surface area contributed by atoms with Gasteiger partial charge in [-0.15, -0.1) is 11.8 Å². The third-order valence-corrected chi connectivity index (χ3v) is 5.44. The molecular weight excluding hydrogens is 376 g/mol. The lowest BCUT2D eigenvalue weighted by molar-refractivity contribution is -0.137. The monoisotopic (exact) mass is 398 g/mol. The van der Waals surface area contributed by atoms with Crippen LogP contribution in [0.2, 0.25) is 0 Å². The largest absolute Gasteiger partial charge is 0.481 e. The number of amides is 2. The van der Waals surface area contributed by atoms with Crippen molar-refractivity contribution in [2.24, 2.45) is 0 Å². The van der Waals surface area contributed by atoms with Gasteiger partial charge in [-0.3, -0.25) is 14.4 Å². The number of hydrogen-bond acceptors (Lipinski definition) is 4. The molecule has 2 amide bonds. The van der Waals surface area contributed by atoms with Gasteiger partial charge in [0.1, 0.15) is 0 Å². The van der Waals surface area contributed by atoms with Crippen LogP contribution in [0.15, 0.2) is 53.4 Å². The van der Waals surface area contributed by atoms with Crippen LogP contribution in [-0.4, -0.2) is 35.7 Å². The van der Waals surface area contributed by atoms with Gasteiger partial charge in [-0.05, 0) is 48.6 Å². The normalized spacial score (nSPS) is 14.8. The molecule has 1 fully saturated rings. The Morgan fingerprint density at radius 2 is 1.96 bits per heavy atom. The summed E-state index contributed by atoms with van der Waals surface area (Å²) in [5.74, 6) is -1.31. The van der Waals surface area contributed by atoms with E-state index in [1.165, 1.54) is 0 Å². The molecule has 0 aliphatic carbocycles. The van der Waals surface area contributed by atoms with Crippen LogP contribution in [0.25, 0.3) is 0 Å². The van der Waals surface area contributed by atoms with Gasteiger partial charge in [0.25, 0.3) is 5.91 Å². The summed E-state index contributed by atoms with van der Waals surface area (Å²) in [5, 5.41) is 12.1. The molecule has 2 N–H and O–H groups in total. The van der Waals surface area contributed by atoms with E-state index in [9.17, 15) is 19.5 Å². The van der Waals surface area contributed by atoms with E-state index in [4.69, 9.17) is 0 Å². The van der Waals surface area contributed by atoms with Crippen LogP contribution in [0.3, 0.4) is 0 Å². The van der Waals surface area contributed by atoms with E-state index in [1.54, 1.807) is 40.9 Å². The molecule has 0 radical (unpaired) electrons. The van der Waals surface area contributed by atoms with Crippen molar-refractivity contribution in [3.8, 4) is 0 Å². The molecule has 1 saturated heterocycles. The quantitative estimate of drug-likeness (QED) is 0.698.